The van der Waals surface area contributed by atoms with E-state index in [-0.39, 0.29) is 5.91 Å². The van der Waals surface area contributed by atoms with Crippen molar-refractivity contribution < 1.29 is 4.79 Å². The van der Waals surface area contributed by atoms with Crippen LogP contribution in [0.5, 0.6) is 0 Å². The van der Waals surface area contributed by atoms with Crippen LogP contribution in [-0.2, 0) is 0 Å². The molecule has 5 heteroatoms. The average molecular weight is 284 g/mol. The lowest BCUT2D eigenvalue weighted by Gasteiger charge is -2.19. The fourth-order valence-corrected chi connectivity index (χ4v) is 2.04. The van der Waals surface area contributed by atoms with E-state index in [0.29, 0.717) is 17.8 Å². The molecule has 2 aromatic rings. The van der Waals surface area contributed by atoms with E-state index in [1.807, 2.05) is 25.2 Å². The average Bonchev–Trinajstić information content (AvgIpc) is 2.52. The number of para-hydroxylation sites is 1. The summed E-state index contributed by atoms with van der Waals surface area (Å²) in [6.45, 7) is 3.32. The fraction of sp³-hybridized carbons (Fsp3) is 0.312. The second kappa shape index (κ2) is 7.38. The van der Waals surface area contributed by atoms with E-state index in [2.05, 4.69) is 32.3 Å². The molecular weight excluding hydrogens is 264 g/mol. The molecule has 1 aromatic carbocycles. The first-order valence-corrected chi connectivity index (χ1v) is 6.99. The molecule has 0 aliphatic carbocycles. The van der Waals surface area contributed by atoms with Crippen molar-refractivity contribution in [2.24, 2.45) is 0 Å². The third-order valence-electron chi connectivity index (χ3n) is 3.31. The first-order valence-electron chi connectivity index (χ1n) is 6.99. The molecule has 5 nitrogen and oxygen atoms in total. The van der Waals surface area contributed by atoms with Gasteiger partial charge in [-0.15, -0.1) is 0 Å². The highest BCUT2D eigenvalue weighted by molar-refractivity contribution is 5.94. The number of rotatable bonds is 6. The largest absolute Gasteiger partial charge is 0.375 e. The highest BCUT2D eigenvalue weighted by atomic mass is 16.1. The van der Waals surface area contributed by atoms with Crippen LogP contribution in [0.15, 0.2) is 42.9 Å². The number of hydrogen-bond donors (Lipinski definition) is 1. The highest BCUT2D eigenvalue weighted by Gasteiger charge is 2.09. The van der Waals surface area contributed by atoms with Crippen molar-refractivity contribution in [2.45, 2.75) is 13.3 Å². The van der Waals surface area contributed by atoms with Crippen LogP contribution in [0.3, 0.4) is 0 Å². The third kappa shape index (κ3) is 4.27. The molecule has 0 unspecified atom stereocenters. The Morgan fingerprint density at radius 3 is 2.76 bits per heavy atom. The maximum Gasteiger partial charge on any atom is 0.254 e. The van der Waals surface area contributed by atoms with Crippen molar-refractivity contribution in [2.75, 3.05) is 25.0 Å². The summed E-state index contributed by atoms with van der Waals surface area (Å²) in [5.74, 6) is -0.115. The Hall–Kier alpha value is -2.43. The summed E-state index contributed by atoms with van der Waals surface area (Å²) < 4.78 is 0. The monoisotopic (exact) mass is 284 g/mol. The molecular formula is C16H20N4O. The van der Waals surface area contributed by atoms with Gasteiger partial charge in [0.05, 0.1) is 11.3 Å². The second-order valence-electron chi connectivity index (χ2n) is 4.89. The predicted octanol–water partition coefficient (Wildman–Crippen LogP) is 2.04. The molecule has 0 atom stereocenters. The van der Waals surface area contributed by atoms with Crippen LogP contribution >= 0.6 is 0 Å². The minimum Gasteiger partial charge on any atom is -0.375 e. The number of nitrogens with one attached hydrogen (secondary N) is 1. The van der Waals surface area contributed by atoms with Gasteiger partial charge in [0, 0.05) is 32.0 Å². The lowest BCUT2D eigenvalue weighted by atomic mass is 10.2. The zero-order chi connectivity index (χ0) is 15.1. The number of hydrogen-bond acceptors (Lipinski definition) is 4. The van der Waals surface area contributed by atoms with Gasteiger partial charge in [-0.3, -0.25) is 4.79 Å². The van der Waals surface area contributed by atoms with Gasteiger partial charge in [0.15, 0.2) is 0 Å². The van der Waals surface area contributed by atoms with Gasteiger partial charge in [0.25, 0.3) is 5.91 Å². The number of carbonyl (C=O) groups excluding carboxylic acids is 1. The van der Waals surface area contributed by atoms with E-state index in [1.54, 1.807) is 13.1 Å². The van der Waals surface area contributed by atoms with Crippen molar-refractivity contribution >= 4 is 11.6 Å². The maximum atomic E-state index is 12.0. The molecule has 0 bridgehead atoms. The van der Waals surface area contributed by atoms with Gasteiger partial charge in [0.2, 0.25) is 0 Å². The second-order valence-corrected chi connectivity index (χ2v) is 4.89. The van der Waals surface area contributed by atoms with Gasteiger partial charge in [-0.1, -0.05) is 18.2 Å². The maximum absolute atomic E-state index is 12.0. The van der Waals surface area contributed by atoms with E-state index in [4.69, 9.17) is 0 Å². The van der Waals surface area contributed by atoms with Gasteiger partial charge in [0.1, 0.15) is 6.33 Å². The number of amides is 1. The topological polar surface area (TPSA) is 58.1 Å². The highest BCUT2D eigenvalue weighted by Crippen LogP contribution is 2.10. The molecule has 21 heavy (non-hydrogen) atoms. The standard InChI is InChI=1S/C16H20N4O/c1-13-15(11-17-12-19-13)16(21)18-9-6-10-20(2)14-7-4-3-5-8-14/h3-5,7-8,11-12H,6,9-10H2,1-2H3,(H,18,21). The molecule has 110 valence electrons. The Bertz CT molecular complexity index is 586. The van der Waals surface area contributed by atoms with Crippen molar-refractivity contribution in [3.8, 4) is 0 Å². The van der Waals surface area contributed by atoms with Crippen molar-refractivity contribution in [1.82, 2.24) is 15.3 Å². The molecule has 0 aliphatic rings. The van der Waals surface area contributed by atoms with E-state index in [0.717, 1.165) is 13.0 Å². The van der Waals surface area contributed by atoms with Crippen LogP contribution in [0.2, 0.25) is 0 Å². The summed E-state index contributed by atoms with van der Waals surface area (Å²) in [5.41, 5.74) is 2.41. The Kier molecular flexibility index (Phi) is 5.26. The zero-order valence-corrected chi connectivity index (χ0v) is 12.4. The number of aromatic nitrogens is 2. The SMILES string of the molecule is Cc1ncncc1C(=O)NCCCN(C)c1ccccc1. The summed E-state index contributed by atoms with van der Waals surface area (Å²) in [5, 5.41) is 2.90. The van der Waals surface area contributed by atoms with E-state index < -0.39 is 0 Å². The lowest BCUT2D eigenvalue weighted by molar-refractivity contribution is 0.0952. The zero-order valence-electron chi connectivity index (χ0n) is 12.4. The van der Waals surface area contributed by atoms with Gasteiger partial charge in [-0.25, -0.2) is 9.97 Å². The lowest BCUT2D eigenvalue weighted by Crippen LogP contribution is -2.28. The van der Waals surface area contributed by atoms with Gasteiger partial charge < -0.3 is 10.2 Å². The molecule has 1 heterocycles. The molecule has 0 radical (unpaired) electrons. The van der Waals surface area contributed by atoms with Crippen LogP contribution in [-0.4, -0.2) is 36.0 Å². The summed E-state index contributed by atoms with van der Waals surface area (Å²) >= 11 is 0. The first-order chi connectivity index (χ1) is 10.2. The molecule has 0 fully saturated rings. The summed E-state index contributed by atoms with van der Waals surface area (Å²) in [4.78, 5) is 22.0. The van der Waals surface area contributed by atoms with Crippen molar-refractivity contribution in [3.63, 3.8) is 0 Å². The molecule has 0 saturated carbocycles. The molecule has 2 rings (SSSR count). The van der Waals surface area contributed by atoms with Gasteiger partial charge in [-0.05, 0) is 25.5 Å². The molecule has 0 spiro atoms. The summed E-state index contributed by atoms with van der Waals surface area (Å²) in [6.07, 6.45) is 3.87. The Morgan fingerprint density at radius 1 is 1.29 bits per heavy atom. The number of anilines is 1. The first kappa shape index (κ1) is 15.0. The van der Waals surface area contributed by atoms with Gasteiger partial charge in [-0.2, -0.15) is 0 Å². The van der Waals surface area contributed by atoms with E-state index in [9.17, 15) is 4.79 Å². The molecule has 0 aliphatic heterocycles. The van der Waals surface area contributed by atoms with Crippen LogP contribution in [0.1, 0.15) is 22.5 Å². The van der Waals surface area contributed by atoms with Crippen LogP contribution in [0.25, 0.3) is 0 Å². The number of carbonyl (C=O) groups is 1. The normalized spacial score (nSPS) is 10.2. The van der Waals surface area contributed by atoms with Gasteiger partial charge >= 0.3 is 0 Å². The minimum absolute atomic E-state index is 0.115. The van der Waals surface area contributed by atoms with E-state index >= 15 is 0 Å². The molecule has 1 N–H and O–H groups in total. The molecule has 0 saturated heterocycles. The quantitative estimate of drug-likeness (QED) is 0.825. The number of benzene rings is 1. The van der Waals surface area contributed by atoms with Crippen LogP contribution in [0.4, 0.5) is 5.69 Å². The third-order valence-corrected chi connectivity index (χ3v) is 3.31. The fourth-order valence-electron chi connectivity index (χ4n) is 2.04. The van der Waals surface area contributed by atoms with Crippen molar-refractivity contribution in [1.29, 1.82) is 0 Å². The number of aryl methyl sites for hydroxylation is 1. The Labute approximate surface area is 125 Å². The summed E-state index contributed by atoms with van der Waals surface area (Å²) in [7, 11) is 2.05. The van der Waals surface area contributed by atoms with Crippen LogP contribution in [0, 0.1) is 6.92 Å². The Morgan fingerprint density at radius 2 is 2.05 bits per heavy atom. The van der Waals surface area contributed by atoms with Crippen LogP contribution < -0.4 is 10.2 Å². The summed E-state index contributed by atoms with van der Waals surface area (Å²) in [6, 6.07) is 10.2. The predicted molar refractivity (Wildman–Crippen MR) is 83.4 cm³/mol. The smallest absolute Gasteiger partial charge is 0.254 e. The van der Waals surface area contributed by atoms with E-state index in [1.165, 1.54) is 12.0 Å². The Balaban J connectivity index is 1.75. The molecule has 1 amide bonds. The van der Waals surface area contributed by atoms with Crippen molar-refractivity contribution in [3.05, 3.63) is 54.1 Å². The molecule has 1 aromatic heterocycles. The number of nitrogens with zero attached hydrogens (tertiary/aromatic N) is 3. The minimum atomic E-state index is -0.115.